The average molecular weight is 488 g/mol. The van der Waals surface area contributed by atoms with Crippen LogP contribution in [0.1, 0.15) is 40.2 Å². The molecular formula is C23H22ClN3O5S. The Hall–Kier alpha value is -3.14. The summed E-state index contributed by atoms with van der Waals surface area (Å²) in [4.78, 5) is 25.4. The number of halogens is 1. The van der Waals surface area contributed by atoms with Crippen molar-refractivity contribution in [2.75, 3.05) is 23.7 Å². The van der Waals surface area contributed by atoms with Gasteiger partial charge in [0.25, 0.3) is 11.8 Å². The fraction of sp³-hybridized carbons (Fsp3) is 0.217. The molecule has 1 fully saturated rings. The number of carbonyl (C=O) groups excluding carboxylic acids is 2. The number of nitrogens with zero attached hydrogens (tertiary/aromatic N) is 1. The van der Waals surface area contributed by atoms with Crippen molar-refractivity contribution < 1.29 is 22.4 Å². The summed E-state index contributed by atoms with van der Waals surface area (Å²) in [5.41, 5.74) is 0.745. The largest absolute Gasteiger partial charge is 0.459 e. The first-order valence-electron chi connectivity index (χ1n) is 10.4. The second kappa shape index (κ2) is 9.78. The van der Waals surface area contributed by atoms with Crippen molar-refractivity contribution >= 4 is 44.8 Å². The van der Waals surface area contributed by atoms with E-state index in [0.29, 0.717) is 23.8 Å². The number of benzene rings is 2. The number of hydrogen-bond acceptors (Lipinski definition) is 5. The summed E-state index contributed by atoms with van der Waals surface area (Å²) in [5, 5.41) is 5.73. The number of furan rings is 1. The van der Waals surface area contributed by atoms with Crippen molar-refractivity contribution in [1.82, 2.24) is 4.31 Å². The van der Waals surface area contributed by atoms with E-state index in [1.54, 1.807) is 18.2 Å². The number of anilines is 2. The number of amides is 2. The third-order valence-corrected chi connectivity index (χ3v) is 7.40. The fourth-order valence-electron chi connectivity index (χ4n) is 3.57. The summed E-state index contributed by atoms with van der Waals surface area (Å²) in [6.45, 7) is 0.949. The Labute approximate surface area is 196 Å². The Morgan fingerprint density at radius 1 is 0.879 bits per heavy atom. The van der Waals surface area contributed by atoms with Gasteiger partial charge in [0.2, 0.25) is 10.0 Å². The van der Waals surface area contributed by atoms with E-state index >= 15 is 0 Å². The van der Waals surface area contributed by atoms with E-state index < -0.39 is 21.8 Å². The molecule has 0 aliphatic carbocycles. The predicted octanol–water partition coefficient (Wildman–Crippen LogP) is 4.61. The van der Waals surface area contributed by atoms with Gasteiger partial charge in [-0.2, -0.15) is 4.31 Å². The van der Waals surface area contributed by atoms with Crippen molar-refractivity contribution in [2.24, 2.45) is 0 Å². The number of hydrogen-bond donors (Lipinski definition) is 2. The highest BCUT2D eigenvalue weighted by molar-refractivity contribution is 7.89. The van der Waals surface area contributed by atoms with Gasteiger partial charge in [0.05, 0.1) is 22.5 Å². The van der Waals surface area contributed by atoms with Crippen LogP contribution in [-0.2, 0) is 10.0 Å². The molecule has 0 saturated carbocycles. The van der Waals surface area contributed by atoms with Crippen molar-refractivity contribution in [3.63, 3.8) is 0 Å². The van der Waals surface area contributed by atoms with Crippen LogP contribution in [0.5, 0.6) is 0 Å². The van der Waals surface area contributed by atoms with Gasteiger partial charge in [0.1, 0.15) is 0 Å². The van der Waals surface area contributed by atoms with Crippen molar-refractivity contribution in [1.29, 1.82) is 0 Å². The van der Waals surface area contributed by atoms with Crippen LogP contribution in [0.15, 0.2) is 70.2 Å². The first kappa shape index (κ1) is 23.0. The van der Waals surface area contributed by atoms with Crippen LogP contribution in [0.2, 0.25) is 5.02 Å². The number of carbonyl (C=O) groups is 2. The molecule has 4 rings (SSSR count). The highest BCUT2D eigenvalue weighted by atomic mass is 35.5. The quantitative estimate of drug-likeness (QED) is 0.527. The Balaban J connectivity index is 1.55. The van der Waals surface area contributed by atoms with Gasteiger partial charge < -0.3 is 15.1 Å². The number of nitrogens with one attached hydrogen (secondary N) is 2. The third-order valence-electron chi connectivity index (χ3n) is 5.27. The number of piperidine rings is 1. The van der Waals surface area contributed by atoms with E-state index in [2.05, 4.69) is 10.6 Å². The molecule has 33 heavy (non-hydrogen) atoms. The first-order valence-corrected chi connectivity index (χ1v) is 12.2. The molecule has 0 unspecified atom stereocenters. The van der Waals surface area contributed by atoms with E-state index in [-0.39, 0.29) is 21.9 Å². The highest BCUT2D eigenvalue weighted by Gasteiger charge is 2.26. The maximum atomic E-state index is 13.0. The average Bonchev–Trinajstić information content (AvgIpc) is 3.37. The lowest BCUT2D eigenvalue weighted by molar-refractivity contribution is 0.0993. The topological polar surface area (TPSA) is 109 Å². The molecule has 1 aliphatic heterocycles. The zero-order chi connectivity index (χ0) is 23.4. The lowest BCUT2D eigenvalue weighted by Crippen LogP contribution is -2.35. The van der Waals surface area contributed by atoms with E-state index in [0.717, 1.165) is 19.3 Å². The van der Waals surface area contributed by atoms with E-state index in [1.807, 2.05) is 0 Å². The van der Waals surface area contributed by atoms with E-state index in [1.165, 1.54) is 47.0 Å². The van der Waals surface area contributed by atoms with Crippen molar-refractivity contribution in [3.05, 3.63) is 77.2 Å². The maximum absolute atomic E-state index is 13.0. The zero-order valence-corrected chi connectivity index (χ0v) is 19.2. The van der Waals surface area contributed by atoms with E-state index in [9.17, 15) is 18.0 Å². The standard InChI is InChI=1S/C23H22ClN3O5S/c24-17-9-10-19(20(15-17)26-23(29)21-8-5-13-32-21)25-22(28)16-6-4-7-18(14-16)33(30,31)27-11-2-1-3-12-27/h4-10,13-15H,1-3,11-12H2,(H,25,28)(H,26,29). The molecule has 10 heteroatoms. The lowest BCUT2D eigenvalue weighted by Gasteiger charge is -2.26. The molecule has 2 heterocycles. The molecule has 1 aliphatic rings. The molecule has 2 amide bonds. The molecule has 172 valence electrons. The molecular weight excluding hydrogens is 466 g/mol. The lowest BCUT2D eigenvalue weighted by atomic mass is 10.2. The van der Waals surface area contributed by atoms with Crippen molar-refractivity contribution in [2.45, 2.75) is 24.2 Å². The molecule has 0 bridgehead atoms. The maximum Gasteiger partial charge on any atom is 0.291 e. The van der Waals surface area contributed by atoms with Crippen LogP contribution in [0.4, 0.5) is 11.4 Å². The summed E-state index contributed by atoms with van der Waals surface area (Å²) in [5.74, 6) is -0.934. The smallest absolute Gasteiger partial charge is 0.291 e. The van der Waals surface area contributed by atoms with Gasteiger partial charge in [0.15, 0.2) is 5.76 Å². The van der Waals surface area contributed by atoms with Crippen LogP contribution in [0.25, 0.3) is 0 Å². The van der Waals surface area contributed by atoms with Gasteiger partial charge in [0, 0.05) is 23.7 Å². The normalized spacial score (nSPS) is 14.6. The second-order valence-electron chi connectivity index (χ2n) is 7.57. The van der Waals surface area contributed by atoms with E-state index in [4.69, 9.17) is 16.0 Å². The van der Waals surface area contributed by atoms with Gasteiger partial charge in [-0.15, -0.1) is 0 Å². The summed E-state index contributed by atoms with van der Waals surface area (Å²) >= 11 is 6.06. The predicted molar refractivity (Wildman–Crippen MR) is 125 cm³/mol. The van der Waals surface area contributed by atoms with Gasteiger partial charge in [-0.1, -0.05) is 24.1 Å². The summed E-state index contributed by atoms with van der Waals surface area (Å²) in [7, 11) is -3.68. The molecule has 8 nitrogen and oxygen atoms in total. The Bertz CT molecular complexity index is 1270. The SMILES string of the molecule is O=C(Nc1ccc(Cl)cc1NC(=O)c1ccco1)c1cccc(S(=O)(=O)N2CCCCC2)c1. The Morgan fingerprint density at radius 3 is 2.36 bits per heavy atom. The number of rotatable bonds is 6. The third kappa shape index (κ3) is 5.27. The van der Waals surface area contributed by atoms with Gasteiger partial charge in [-0.3, -0.25) is 9.59 Å². The minimum Gasteiger partial charge on any atom is -0.459 e. The molecule has 0 atom stereocenters. The van der Waals surface area contributed by atoms with Gasteiger partial charge >= 0.3 is 0 Å². The van der Waals surface area contributed by atoms with Crippen LogP contribution in [-0.4, -0.2) is 37.6 Å². The summed E-state index contributed by atoms with van der Waals surface area (Å²) in [6, 6.07) is 13.6. The molecule has 0 spiro atoms. The van der Waals surface area contributed by atoms with Crippen LogP contribution >= 0.6 is 11.6 Å². The molecule has 1 aromatic heterocycles. The molecule has 3 aromatic rings. The Morgan fingerprint density at radius 2 is 1.64 bits per heavy atom. The number of sulfonamides is 1. The Kier molecular flexibility index (Phi) is 6.83. The minimum atomic E-state index is -3.68. The first-order chi connectivity index (χ1) is 15.8. The van der Waals surface area contributed by atoms with Crippen molar-refractivity contribution in [3.8, 4) is 0 Å². The highest BCUT2D eigenvalue weighted by Crippen LogP contribution is 2.28. The molecule has 0 radical (unpaired) electrons. The fourth-order valence-corrected chi connectivity index (χ4v) is 5.30. The zero-order valence-electron chi connectivity index (χ0n) is 17.6. The summed E-state index contributed by atoms with van der Waals surface area (Å²) in [6.07, 6.45) is 4.03. The molecule has 1 saturated heterocycles. The van der Waals surface area contributed by atoms with Gasteiger partial charge in [-0.25, -0.2) is 8.42 Å². The van der Waals surface area contributed by atoms with Crippen LogP contribution < -0.4 is 10.6 Å². The second-order valence-corrected chi connectivity index (χ2v) is 9.94. The molecule has 2 aromatic carbocycles. The molecule has 2 N–H and O–H groups in total. The van der Waals surface area contributed by atoms with Crippen LogP contribution in [0, 0.1) is 0 Å². The monoisotopic (exact) mass is 487 g/mol. The van der Waals surface area contributed by atoms with Gasteiger partial charge in [-0.05, 0) is 61.4 Å². The summed E-state index contributed by atoms with van der Waals surface area (Å²) < 4.78 is 32.5. The van der Waals surface area contributed by atoms with Crippen LogP contribution in [0.3, 0.4) is 0 Å². The minimum absolute atomic E-state index is 0.0690.